The molecule has 0 radical (unpaired) electrons. The quantitative estimate of drug-likeness (QED) is 0.361. The predicted molar refractivity (Wildman–Crippen MR) is 108 cm³/mol. The average molecular weight is 368 g/mol. The molecule has 0 aromatic heterocycles. The van der Waals surface area contributed by atoms with E-state index in [1.807, 2.05) is 55.5 Å². The van der Waals surface area contributed by atoms with E-state index in [4.69, 9.17) is 9.47 Å². The summed E-state index contributed by atoms with van der Waals surface area (Å²) in [6.45, 7) is 4.85. The van der Waals surface area contributed by atoms with Gasteiger partial charge in [0.15, 0.2) is 6.61 Å². The summed E-state index contributed by atoms with van der Waals surface area (Å²) in [4.78, 5) is 11.8. The number of nitrogens with one attached hydrogen (secondary N) is 1. The third-order valence-electron chi connectivity index (χ3n) is 3.94. The molecule has 0 unspecified atom stereocenters. The lowest BCUT2D eigenvalue weighted by Gasteiger charge is -2.06. The number of aryl methyl sites for hydroxylation is 1. The molecule has 1 amide bonds. The van der Waals surface area contributed by atoms with Crippen molar-refractivity contribution >= 4 is 12.1 Å². The zero-order valence-corrected chi connectivity index (χ0v) is 16.1. The van der Waals surface area contributed by atoms with Crippen molar-refractivity contribution in [3.63, 3.8) is 0 Å². The highest BCUT2D eigenvalue weighted by Gasteiger charge is 2.01. The molecule has 5 heteroatoms. The predicted octanol–water partition coefficient (Wildman–Crippen LogP) is 4.48. The Hall–Kier alpha value is -2.82. The van der Waals surface area contributed by atoms with Crippen LogP contribution >= 0.6 is 0 Å². The molecular weight excluding hydrogens is 340 g/mol. The Morgan fingerprint density at radius 1 is 0.963 bits per heavy atom. The minimum Gasteiger partial charge on any atom is -0.494 e. The second-order valence-corrected chi connectivity index (χ2v) is 6.37. The molecule has 0 aliphatic carbocycles. The van der Waals surface area contributed by atoms with E-state index in [1.165, 1.54) is 19.3 Å². The van der Waals surface area contributed by atoms with Crippen LogP contribution in [0.3, 0.4) is 0 Å². The number of hydrogen-bond donors (Lipinski definition) is 1. The van der Waals surface area contributed by atoms with E-state index in [9.17, 15) is 4.79 Å². The van der Waals surface area contributed by atoms with E-state index < -0.39 is 0 Å². The molecule has 0 saturated carbocycles. The number of amides is 1. The van der Waals surface area contributed by atoms with Gasteiger partial charge < -0.3 is 9.47 Å². The lowest BCUT2D eigenvalue weighted by Crippen LogP contribution is -2.24. The maximum absolute atomic E-state index is 11.8. The van der Waals surface area contributed by atoms with Crippen LogP contribution in [0.2, 0.25) is 0 Å². The first-order chi connectivity index (χ1) is 13.2. The molecule has 0 atom stereocenters. The van der Waals surface area contributed by atoms with Crippen molar-refractivity contribution in [1.29, 1.82) is 0 Å². The first-order valence-corrected chi connectivity index (χ1v) is 9.41. The van der Waals surface area contributed by atoms with Crippen LogP contribution in [0, 0.1) is 6.92 Å². The second-order valence-electron chi connectivity index (χ2n) is 6.37. The van der Waals surface area contributed by atoms with Crippen LogP contribution in [-0.4, -0.2) is 25.3 Å². The number of hydrogen-bond acceptors (Lipinski definition) is 4. The van der Waals surface area contributed by atoms with E-state index in [1.54, 1.807) is 6.21 Å². The largest absolute Gasteiger partial charge is 0.494 e. The number of hydrazone groups is 1. The summed E-state index contributed by atoms with van der Waals surface area (Å²) in [5.74, 6) is 1.20. The van der Waals surface area contributed by atoms with E-state index in [0.29, 0.717) is 5.75 Å². The van der Waals surface area contributed by atoms with Gasteiger partial charge in [-0.15, -0.1) is 0 Å². The topological polar surface area (TPSA) is 59.9 Å². The minimum absolute atomic E-state index is 0.0782. The number of ether oxygens (including phenoxy) is 2. The highest BCUT2D eigenvalue weighted by molar-refractivity contribution is 5.83. The van der Waals surface area contributed by atoms with Gasteiger partial charge in [-0.2, -0.15) is 5.10 Å². The monoisotopic (exact) mass is 368 g/mol. The zero-order chi connectivity index (χ0) is 19.3. The molecule has 0 heterocycles. The van der Waals surface area contributed by atoms with Gasteiger partial charge in [-0.05, 0) is 55.3 Å². The fourth-order valence-corrected chi connectivity index (χ4v) is 2.36. The first-order valence-electron chi connectivity index (χ1n) is 9.41. The van der Waals surface area contributed by atoms with E-state index in [0.717, 1.165) is 29.9 Å². The van der Waals surface area contributed by atoms with Gasteiger partial charge in [0.1, 0.15) is 11.5 Å². The average Bonchev–Trinajstić information content (AvgIpc) is 2.68. The van der Waals surface area contributed by atoms with E-state index in [2.05, 4.69) is 17.5 Å². The zero-order valence-electron chi connectivity index (χ0n) is 16.1. The summed E-state index contributed by atoms with van der Waals surface area (Å²) in [7, 11) is 0. The van der Waals surface area contributed by atoms with Crippen LogP contribution in [0.15, 0.2) is 53.6 Å². The molecule has 27 heavy (non-hydrogen) atoms. The molecule has 0 bridgehead atoms. The van der Waals surface area contributed by atoms with Crippen molar-refractivity contribution in [3.05, 3.63) is 59.7 Å². The molecule has 0 saturated heterocycles. The molecule has 0 aliphatic rings. The molecule has 0 aliphatic heterocycles. The van der Waals surface area contributed by atoms with Crippen molar-refractivity contribution in [2.45, 2.75) is 39.5 Å². The Kier molecular flexibility index (Phi) is 8.90. The van der Waals surface area contributed by atoms with Crippen LogP contribution in [-0.2, 0) is 4.79 Å². The maximum Gasteiger partial charge on any atom is 0.277 e. The number of unbranched alkanes of at least 4 members (excludes halogenated alkanes) is 3. The Morgan fingerprint density at radius 3 is 2.33 bits per heavy atom. The molecule has 2 rings (SSSR count). The van der Waals surface area contributed by atoms with Crippen molar-refractivity contribution in [3.8, 4) is 11.5 Å². The highest BCUT2D eigenvalue weighted by Crippen LogP contribution is 2.12. The molecule has 0 spiro atoms. The summed E-state index contributed by atoms with van der Waals surface area (Å²) in [6, 6.07) is 15.2. The minimum atomic E-state index is -0.307. The van der Waals surface area contributed by atoms with Crippen molar-refractivity contribution in [2.24, 2.45) is 5.10 Å². The Morgan fingerprint density at radius 2 is 1.63 bits per heavy atom. The second kappa shape index (κ2) is 11.7. The first kappa shape index (κ1) is 20.5. The number of rotatable bonds is 11. The van der Waals surface area contributed by atoms with Gasteiger partial charge in [0.25, 0.3) is 5.91 Å². The summed E-state index contributed by atoms with van der Waals surface area (Å²) < 4.78 is 11.1. The van der Waals surface area contributed by atoms with Crippen LogP contribution in [0.25, 0.3) is 0 Å². The number of carbonyl (C=O) groups is 1. The lowest BCUT2D eigenvalue weighted by molar-refractivity contribution is -0.123. The maximum atomic E-state index is 11.8. The number of nitrogens with zero attached hydrogens (tertiary/aromatic N) is 1. The van der Waals surface area contributed by atoms with Crippen LogP contribution < -0.4 is 14.9 Å². The van der Waals surface area contributed by atoms with Gasteiger partial charge in [0.2, 0.25) is 0 Å². The third-order valence-corrected chi connectivity index (χ3v) is 3.94. The summed E-state index contributed by atoms with van der Waals surface area (Å²) in [6.07, 6.45) is 6.35. The summed E-state index contributed by atoms with van der Waals surface area (Å²) in [5.41, 5.74) is 4.48. The van der Waals surface area contributed by atoms with Crippen LogP contribution in [0.4, 0.5) is 0 Å². The highest BCUT2D eigenvalue weighted by atomic mass is 16.5. The van der Waals surface area contributed by atoms with Crippen LogP contribution in [0.1, 0.15) is 43.7 Å². The molecule has 1 N–H and O–H groups in total. The smallest absolute Gasteiger partial charge is 0.277 e. The van der Waals surface area contributed by atoms with Gasteiger partial charge in [0, 0.05) is 0 Å². The molecule has 0 fully saturated rings. The Labute approximate surface area is 161 Å². The van der Waals surface area contributed by atoms with Crippen LogP contribution in [0.5, 0.6) is 11.5 Å². The Bertz CT molecular complexity index is 709. The molecule has 144 valence electrons. The molecular formula is C22H28N2O3. The van der Waals surface area contributed by atoms with E-state index >= 15 is 0 Å². The molecule has 5 nitrogen and oxygen atoms in total. The lowest BCUT2D eigenvalue weighted by atomic mass is 10.2. The fraction of sp³-hybridized carbons (Fsp3) is 0.364. The van der Waals surface area contributed by atoms with Gasteiger partial charge in [0.05, 0.1) is 12.8 Å². The van der Waals surface area contributed by atoms with E-state index in [-0.39, 0.29) is 12.5 Å². The van der Waals surface area contributed by atoms with Crippen molar-refractivity contribution in [1.82, 2.24) is 5.43 Å². The third kappa shape index (κ3) is 8.40. The fourth-order valence-electron chi connectivity index (χ4n) is 2.36. The standard InChI is InChI=1S/C22H28N2O3/c1-3-4-5-6-15-26-20-13-9-19(10-14-20)16-23-24-22(25)17-27-21-11-7-18(2)8-12-21/h7-14,16H,3-6,15,17H2,1-2H3,(H,24,25)/b23-16+. The van der Waals surface area contributed by atoms with Crippen molar-refractivity contribution in [2.75, 3.05) is 13.2 Å². The van der Waals surface area contributed by atoms with Crippen molar-refractivity contribution < 1.29 is 14.3 Å². The molecule has 2 aromatic carbocycles. The van der Waals surface area contributed by atoms with Gasteiger partial charge in [-0.1, -0.05) is 43.9 Å². The molecule has 2 aromatic rings. The van der Waals surface area contributed by atoms with Gasteiger partial charge >= 0.3 is 0 Å². The Balaban J connectivity index is 1.67. The SMILES string of the molecule is CCCCCCOc1ccc(/C=N/NC(=O)COc2ccc(C)cc2)cc1. The number of carbonyl (C=O) groups excluding carboxylic acids is 1. The normalized spacial score (nSPS) is 10.7. The summed E-state index contributed by atoms with van der Waals surface area (Å²) >= 11 is 0. The van der Waals surface area contributed by atoms with Gasteiger partial charge in [-0.25, -0.2) is 5.43 Å². The number of benzene rings is 2. The van der Waals surface area contributed by atoms with Gasteiger partial charge in [-0.3, -0.25) is 4.79 Å². The summed E-state index contributed by atoms with van der Waals surface area (Å²) in [5, 5.41) is 3.95.